The monoisotopic (exact) mass is 230 g/mol. The van der Waals surface area contributed by atoms with Crippen LogP contribution in [-0.2, 0) is 4.79 Å². The number of nitriles is 1. The number of ketones is 1. The van der Waals surface area contributed by atoms with Crippen LogP contribution in [0.5, 0.6) is 0 Å². The number of anilines is 1. The first-order valence-electron chi connectivity index (χ1n) is 5.96. The van der Waals surface area contributed by atoms with E-state index in [4.69, 9.17) is 5.26 Å². The summed E-state index contributed by atoms with van der Waals surface area (Å²) in [6.45, 7) is 3.01. The number of Topliss-reactive ketones (excluding diaryl/α,β-unsaturated/α-hetero) is 1. The molecule has 1 aromatic carbocycles. The summed E-state index contributed by atoms with van der Waals surface area (Å²) in [6.07, 6.45) is 1.92. The molecule has 0 unspecified atom stereocenters. The maximum atomic E-state index is 11.7. The van der Waals surface area contributed by atoms with Crippen LogP contribution in [0.1, 0.15) is 26.2 Å². The minimum Gasteiger partial charge on any atom is -0.363 e. The molecule has 0 aliphatic heterocycles. The Hall–Kier alpha value is -1.82. The summed E-state index contributed by atoms with van der Waals surface area (Å²) in [6, 6.07) is 11.9. The van der Waals surface area contributed by atoms with E-state index in [0.29, 0.717) is 25.9 Å². The van der Waals surface area contributed by atoms with Crippen molar-refractivity contribution in [1.29, 1.82) is 5.26 Å². The molecule has 0 radical (unpaired) electrons. The van der Waals surface area contributed by atoms with Crippen LogP contribution in [0.4, 0.5) is 5.69 Å². The second-order valence-electron chi connectivity index (χ2n) is 3.95. The largest absolute Gasteiger partial charge is 0.363 e. The topological polar surface area (TPSA) is 44.1 Å². The molecular weight excluding hydrogens is 212 g/mol. The lowest BCUT2D eigenvalue weighted by atomic mass is 10.2. The van der Waals surface area contributed by atoms with E-state index in [0.717, 1.165) is 12.1 Å². The van der Waals surface area contributed by atoms with Crippen molar-refractivity contribution in [3.63, 3.8) is 0 Å². The van der Waals surface area contributed by atoms with Gasteiger partial charge in [0.05, 0.1) is 19.0 Å². The van der Waals surface area contributed by atoms with Crippen LogP contribution in [0.3, 0.4) is 0 Å². The third-order valence-corrected chi connectivity index (χ3v) is 2.51. The highest BCUT2D eigenvalue weighted by molar-refractivity contribution is 5.83. The Labute approximate surface area is 103 Å². The molecule has 0 amide bonds. The Morgan fingerprint density at radius 3 is 2.65 bits per heavy atom. The van der Waals surface area contributed by atoms with Gasteiger partial charge in [-0.05, 0) is 18.6 Å². The maximum absolute atomic E-state index is 11.7. The van der Waals surface area contributed by atoms with Crippen molar-refractivity contribution < 1.29 is 4.79 Å². The van der Waals surface area contributed by atoms with Gasteiger partial charge in [-0.3, -0.25) is 4.79 Å². The smallest absolute Gasteiger partial charge is 0.152 e. The van der Waals surface area contributed by atoms with E-state index < -0.39 is 0 Å². The van der Waals surface area contributed by atoms with Crippen LogP contribution in [0, 0.1) is 11.3 Å². The molecule has 17 heavy (non-hydrogen) atoms. The molecule has 1 aromatic rings. The number of hydrogen-bond acceptors (Lipinski definition) is 3. The molecule has 0 N–H and O–H groups in total. The molecule has 0 saturated heterocycles. The second-order valence-corrected chi connectivity index (χ2v) is 3.95. The highest BCUT2D eigenvalue weighted by atomic mass is 16.1. The lowest BCUT2D eigenvalue weighted by Gasteiger charge is -2.22. The van der Waals surface area contributed by atoms with Gasteiger partial charge in [-0.1, -0.05) is 25.1 Å². The standard InChI is InChI=1S/C14H18N2O/c1-2-7-14(17)12-16(11-6-10-15)13-8-4-3-5-9-13/h3-5,8-9H,2,6-7,11-12H2,1H3. The van der Waals surface area contributed by atoms with Gasteiger partial charge in [-0.2, -0.15) is 5.26 Å². The van der Waals surface area contributed by atoms with Crippen molar-refractivity contribution in [3.8, 4) is 6.07 Å². The summed E-state index contributed by atoms with van der Waals surface area (Å²) in [7, 11) is 0. The first kappa shape index (κ1) is 13.2. The van der Waals surface area contributed by atoms with E-state index in [1.54, 1.807) is 0 Å². The molecule has 0 spiro atoms. The number of nitrogens with zero attached hydrogens (tertiary/aromatic N) is 2. The van der Waals surface area contributed by atoms with Crippen molar-refractivity contribution in [2.24, 2.45) is 0 Å². The Balaban J connectivity index is 2.67. The first-order valence-corrected chi connectivity index (χ1v) is 5.96. The highest BCUT2D eigenvalue weighted by Gasteiger charge is 2.10. The molecular formula is C14H18N2O. The van der Waals surface area contributed by atoms with Gasteiger partial charge in [0.15, 0.2) is 5.78 Å². The zero-order valence-corrected chi connectivity index (χ0v) is 10.2. The zero-order valence-electron chi connectivity index (χ0n) is 10.2. The fourth-order valence-electron chi connectivity index (χ4n) is 1.69. The van der Waals surface area contributed by atoms with Gasteiger partial charge in [-0.25, -0.2) is 0 Å². The number of hydrogen-bond donors (Lipinski definition) is 0. The fourth-order valence-corrected chi connectivity index (χ4v) is 1.69. The number of carbonyl (C=O) groups excluding carboxylic acids is 1. The Bertz CT molecular complexity index is 381. The van der Waals surface area contributed by atoms with Crippen LogP contribution in [-0.4, -0.2) is 18.9 Å². The van der Waals surface area contributed by atoms with Crippen LogP contribution < -0.4 is 4.90 Å². The molecule has 90 valence electrons. The van der Waals surface area contributed by atoms with E-state index in [1.807, 2.05) is 42.2 Å². The van der Waals surface area contributed by atoms with Crippen molar-refractivity contribution in [3.05, 3.63) is 30.3 Å². The number of para-hydroxylation sites is 1. The molecule has 0 atom stereocenters. The van der Waals surface area contributed by atoms with E-state index >= 15 is 0 Å². The predicted octanol–water partition coefficient (Wildman–Crippen LogP) is 2.78. The summed E-state index contributed by atoms with van der Waals surface area (Å²) in [5, 5.41) is 8.64. The van der Waals surface area contributed by atoms with Gasteiger partial charge in [0.2, 0.25) is 0 Å². The van der Waals surface area contributed by atoms with Crippen molar-refractivity contribution in [2.45, 2.75) is 26.2 Å². The molecule has 0 fully saturated rings. The maximum Gasteiger partial charge on any atom is 0.152 e. The number of carbonyl (C=O) groups is 1. The lowest BCUT2D eigenvalue weighted by molar-refractivity contribution is -0.117. The SMILES string of the molecule is CCCC(=O)CN(CCC#N)c1ccccc1. The third kappa shape index (κ3) is 4.69. The summed E-state index contributed by atoms with van der Waals surface area (Å²) < 4.78 is 0. The van der Waals surface area contributed by atoms with Gasteiger partial charge in [0.1, 0.15) is 0 Å². The minimum atomic E-state index is 0.231. The predicted molar refractivity (Wildman–Crippen MR) is 68.8 cm³/mol. The van der Waals surface area contributed by atoms with E-state index in [2.05, 4.69) is 6.07 Å². The Kier molecular flexibility index (Phi) is 5.81. The average Bonchev–Trinajstić information content (AvgIpc) is 2.36. The molecule has 0 bridgehead atoms. The summed E-state index contributed by atoms with van der Waals surface area (Å²) in [5.41, 5.74) is 1.01. The number of benzene rings is 1. The molecule has 1 rings (SSSR count). The summed E-state index contributed by atoms with van der Waals surface area (Å²) in [4.78, 5) is 13.6. The molecule has 0 heterocycles. The molecule has 0 aliphatic rings. The summed E-state index contributed by atoms with van der Waals surface area (Å²) in [5.74, 6) is 0.231. The lowest BCUT2D eigenvalue weighted by Crippen LogP contribution is -2.30. The highest BCUT2D eigenvalue weighted by Crippen LogP contribution is 2.13. The zero-order chi connectivity index (χ0) is 12.5. The third-order valence-electron chi connectivity index (χ3n) is 2.51. The van der Waals surface area contributed by atoms with Gasteiger partial charge in [0, 0.05) is 18.7 Å². The molecule has 3 nitrogen and oxygen atoms in total. The summed E-state index contributed by atoms with van der Waals surface area (Å²) >= 11 is 0. The molecule has 3 heteroatoms. The first-order chi connectivity index (χ1) is 8.27. The molecule has 0 aliphatic carbocycles. The van der Waals surface area contributed by atoms with Crippen LogP contribution in [0.2, 0.25) is 0 Å². The minimum absolute atomic E-state index is 0.231. The Morgan fingerprint density at radius 2 is 2.06 bits per heavy atom. The fraction of sp³-hybridized carbons (Fsp3) is 0.429. The van der Waals surface area contributed by atoms with Crippen LogP contribution in [0.15, 0.2) is 30.3 Å². The van der Waals surface area contributed by atoms with E-state index in [9.17, 15) is 4.79 Å². The van der Waals surface area contributed by atoms with Crippen molar-refractivity contribution >= 4 is 11.5 Å². The Morgan fingerprint density at radius 1 is 1.35 bits per heavy atom. The second kappa shape index (κ2) is 7.45. The van der Waals surface area contributed by atoms with Crippen LogP contribution in [0.25, 0.3) is 0 Å². The van der Waals surface area contributed by atoms with Crippen molar-refractivity contribution in [2.75, 3.05) is 18.0 Å². The van der Waals surface area contributed by atoms with Gasteiger partial charge in [-0.15, -0.1) is 0 Å². The molecule has 0 saturated carbocycles. The van der Waals surface area contributed by atoms with Gasteiger partial charge in [0.25, 0.3) is 0 Å². The quantitative estimate of drug-likeness (QED) is 0.723. The molecule has 0 aromatic heterocycles. The van der Waals surface area contributed by atoms with Gasteiger partial charge >= 0.3 is 0 Å². The van der Waals surface area contributed by atoms with Crippen LogP contribution >= 0.6 is 0 Å². The van der Waals surface area contributed by atoms with Gasteiger partial charge < -0.3 is 4.90 Å². The number of rotatable bonds is 7. The average molecular weight is 230 g/mol. The van der Waals surface area contributed by atoms with E-state index in [1.165, 1.54) is 0 Å². The van der Waals surface area contributed by atoms with Crippen molar-refractivity contribution in [1.82, 2.24) is 0 Å². The normalized spacial score (nSPS) is 9.65. The van der Waals surface area contributed by atoms with E-state index in [-0.39, 0.29) is 5.78 Å².